The zero-order valence-corrected chi connectivity index (χ0v) is 14.6. The Bertz CT molecular complexity index is 720. The van der Waals surface area contributed by atoms with Crippen LogP contribution in [0.15, 0.2) is 43.0 Å². The van der Waals surface area contributed by atoms with Crippen LogP contribution in [0.5, 0.6) is 0 Å². The Morgan fingerprint density at radius 3 is 2.76 bits per heavy atom. The molecule has 4 rings (SSSR count). The third-order valence-electron chi connectivity index (χ3n) is 5.88. The normalized spacial score (nSPS) is 23.7. The molecule has 5 heteroatoms. The molecular formula is C20H25N3O2. The molecule has 2 aliphatic carbocycles. The molecule has 2 aliphatic rings. The topological polar surface area (TPSA) is 56.1 Å². The lowest BCUT2D eigenvalue weighted by Crippen LogP contribution is -2.67. The van der Waals surface area contributed by atoms with Crippen LogP contribution in [0.1, 0.15) is 48.5 Å². The molecule has 132 valence electrons. The Morgan fingerprint density at radius 1 is 1.36 bits per heavy atom. The summed E-state index contributed by atoms with van der Waals surface area (Å²) in [6, 6.07) is 8.10. The number of amides is 1. The number of aromatic nitrogens is 2. The number of nitrogens with zero attached hydrogens (tertiary/aromatic N) is 2. The van der Waals surface area contributed by atoms with Gasteiger partial charge in [-0.15, -0.1) is 0 Å². The van der Waals surface area contributed by atoms with E-state index in [1.54, 1.807) is 12.5 Å². The lowest BCUT2D eigenvalue weighted by molar-refractivity contribution is -0.169. The predicted molar refractivity (Wildman–Crippen MR) is 95.3 cm³/mol. The molecule has 2 atom stereocenters. The molecule has 1 aromatic heterocycles. The van der Waals surface area contributed by atoms with E-state index in [1.165, 1.54) is 19.3 Å². The standard InChI is InChI=1S/C20H25N3O2/c1-2-25-18-12-17(20(18)8-3-9-20)22-19(24)16-6-4-15(5-7-16)13-23-11-10-21-14-23/h4-7,10-11,14,17-18H,2-3,8-9,12-13H2,1H3,(H,22,24)/t17-,18+/m0/s1. The summed E-state index contributed by atoms with van der Waals surface area (Å²) in [7, 11) is 0. The van der Waals surface area contributed by atoms with Gasteiger partial charge in [0, 0.05) is 42.6 Å². The van der Waals surface area contributed by atoms with Crippen molar-refractivity contribution in [2.45, 2.75) is 51.3 Å². The molecule has 5 nitrogen and oxygen atoms in total. The summed E-state index contributed by atoms with van der Waals surface area (Å²) in [4.78, 5) is 16.6. The zero-order chi connectivity index (χ0) is 17.3. The minimum Gasteiger partial charge on any atom is -0.378 e. The third-order valence-corrected chi connectivity index (χ3v) is 5.88. The minimum atomic E-state index is 0.0282. The van der Waals surface area contributed by atoms with Crippen molar-refractivity contribution in [3.8, 4) is 0 Å². The van der Waals surface area contributed by atoms with Gasteiger partial charge in [-0.25, -0.2) is 4.98 Å². The molecule has 2 aromatic rings. The summed E-state index contributed by atoms with van der Waals surface area (Å²) < 4.78 is 7.87. The first-order valence-electron chi connectivity index (χ1n) is 9.18. The largest absolute Gasteiger partial charge is 0.378 e. The first-order chi connectivity index (χ1) is 12.2. The average molecular weight is 339 g/mol. The fourth-order valence-corrected chi connectivity index (χ4v) is 4.23. The zero-order valence-electron chi connectivity index (χ0n) is 14.6. The van der Waals surface area contributed by atoms with E-state index in [4.69, 9.17) is 4.74 Å². The molecule has 2 saturated carbocycles. The average Bonchev–Trinajstić information content (AvgIpc) is 3.06. The molecule has 1 amide bonds. The van der Waals surface area contributed by atoms with Gasteiger partial charge in [0.15, 0.2) is 0 Å². The molecule has 0 saturated heterocycles. The Hall–Kier alpha value is -2.14. The van der Waals surface area contributed by atoms with E-state index in [2.05, 4.69) is 10.3 Å². The van der Waals surface area contributed by atoms with Gasteiger partial charge < -0.3 is 14.6 Å². The van der Waals surface area contributed by atoms with Gasteiger partial charge >= 0.3 is 0 Å². The number of ether oxygens (including phenoxy) is 1. The van der Waals surface area contributed by atoms with Gasteiger partial charge in [-0.1, -0.05) is 18.6 Å². The summed E-state index contributed by atoms with van der Waals surface area (Å²) in [5, 5.41) is 3.24. The van der Waals surface area contributed by atoms with Gasteiger partial charge in [0.1, 0.15) is 0 Å². The van der Waals surface area contributed by atoms with Crippen LogP contribution in [0.4, 0.5) is 0 Å². The van der Waals surface area contributed by atoms with Gasteiger partial charge in [-0.05, 0) is 43.9 Å². The summed E-state index contributed by atoms with van der Waals surface area (Å²) in [5.74, 6) is 0.0282. The van der Waals surface area contributed by atoms with Crippen molar-refractivity contribution in [2.75, 3.05) is 6.61 Å². The second kappa shape index (κ2) is 6.64. The second-order valence-electron chi connectivity index (χ2n) is 7.22. The highest BCUT2D eigenvalue weighted by atomic mass is 16.5. The molecule has 0 aliphatic heterocycles. The van der Waals surface area contributed by atoms with Crippen LogP contribution in [0.2, 0.25) is 0 Å². The van der Waals surface area contributed by atoms with Crippen molar-refractivity contribution in [3.05, 3.63) is 54.1 Å². The molecule has 0 unspecified atom stereocenters. The van der Waals surface area contributed by atoms with Gasteiger partial charge in [0.05, 0.1) is 12.4 Å². The second-order valence-corrected chi connectivity index (χ2v) is 7.22. The third kappa shape index (κ3) is 2.97. The maximum Gasteiger partial charge on any atom is 0.251 e. The summed E-state index contributed by atoms with van der Waals surface area (Å²) in [6.45, 7) is 3.57. The van der Waals surface area contributed by atoms with E-state index in [9.17, 15) is 4.79 Å². The molecular weight excluding hydrogens is 314 g/mol. The van der Waals surface area contributed by atoms with E-state index >= 15 is 0 Å². The number of imidazole rings is 1. The van der Waals surface area contributed by atoms with Crippen LogP contribution in [-0.2, 0) is 11.3 Å². The van der Waals surface area contributed by atoms with Crippen LogP contribution in [0, 0.1) is 5.41 Å². The van der Waals surface area contributed by atoms with Gasteiger partial charge in [0.25, 0.3) is 5.91 Å². The number of benzene rings is 1. The maximum absolute atomic E-state index is 12.6. The molecule has 2 fully saturated rings. The fourth-order valence-electron chi connectivity index (χ4n) is 4.23. The highest BCUT2D eigenvalue weighted by Gasteiger charge is 2.59. The number of carbonyl (C=O) groups is 1. The van der Waals surface area contributed by atoms with E-state index in [1.807, 2.05) is 42.0 Å². The summed E-state index contributed by atoms with van der Waals surface area (Å²) in [5.41, 5.74) is 2.08. The Kier molecular flexibility index (Phi) is 4.34. The van der Waals surface area contributed by atoms with Crippen molar-refractivity contribution in [1.82, 2.24) is 14.9 Å². The van der Waals surface area contributed by atoms with Crippen LogP contribution in [0.25, 0.3) is 0 Å². The summed E-state index contributed by atoms with van der Waals surface area (Å²) >= 11 is 0. The minimum absolute atomic E-state index is 0.0282. The van der Waals surface area contributed by atoms with E-state index in [0.29, 0.717) is 6.10 Å². The quantitative estimate of drug-likeness (QED) is 0.880. The van der Waals surface area contributed by atoms with Crippen molar-refractivity contribution in [3.63, 3.8) is 0 Å². The Balaban J connectivity index is 1.37. The Morgan fingerprint density at radius 2 is 2.16 bits per heavy atom. The number of hydrogen-bond donors (Lipinski definition) is 1. The lowest BCUT2D eigenvalue weighted by Gasteiger charge is -2.61. The monoisotopic (exact) mass is 339 g/mol. The number of nitrogens with one attached hydrogen (secondary N) is 1. The fraction of sp³-hybridized carbons (Fsp3) is 0.500. The van der Waals surface area contributed by atoms with Crippen molar-refractivity contribution in [2.24, 2.45) is 5.41 Å². The summed E-state index contributed by atoms with van der Waals surface area (Å²) in [6.07, 6.45) is 10.4. The van der Waals surface area contributed by atoms with Crippen molar-refractivity contribution < 1.29 is 9.53 Å². The van der Waals surface area contributed by atoms with Gasteiger partial charge in [-0.3, -0.25) is 4.79 Å². The highest BCUT2D eigenvalue weighted by molar-refractivity contribution is 5.94. The number of hydrogen-bond acceptors (Lipinski definition) is 3. The first-order valence-corrected chi connectivity index (χ1v) is 9.18. The van der Waals surface area contributed by atoms with Gasteiger partial charge in [0.2, 0.25) is 0 Å². The number of rotatable bonds is 6. The lowest BCUT2D eigenvalue weighted by atomic mass is 9.51. The van der Waals surface area contributed by atoms with E-state index in [0.717, 1.165) is 30.7 Å². The van der Waals surface area contributed by atoms with Crippen LogP contribution in [0.3, 0.4) is 0 Å². The number of carbonyl (C=O) groups excluding carboxylic acids is 1. The Labute approximate surface area is 148 Å². The molecule has 0 radical (unpaired) electrons. The van der Waals surface area contributed by atoms with Crippen LogP contribution >= 0.6 is 0 Å². The van der Waals surface area contributed by atoms with Crippen molar-refractivity contribution >= 4 is 5.91 Å². The maximum atomic E-state index is 12.6. The van der Waals surface area contributed by atoms with Crippen LogP contribution in [-0.4, -0.2) is 34.2 Å². The predicted octanol–water partition coefficient (Wildman–Crippen LogP) is 3.01. The van der Waals surface area contributed by atoms with Crippen molar-refractivity contribution in [1.29, 1.82) is 0 Å². The van der Waals surface area contributed by atoms with E-state index < -0.39 is 0 Å². The SMILES string of the molecule is CCO[C@@H]1C[C@H](NC(=O)c2ccc(Cn3ccnc3)cc2)C12CCC2. The van der Waals surface area contributed by atoms with Crippen LogP contribution < -0.4 is 5.32 Å². The van der Waals surface area contributed by atoms with Gasteiger partial charge in [-0.2, -0.15) is 0 Å². The molecule has 25 heavy (non-hydrogen) atoms. The molecule has 1 heterocycles. The molecule has 1 spiro atoms. The van der Waals surface area contributed by atoms with E-state index in [-0.39, 0.29) is 17.4 Å². The molecule has 1 aromatic carbocycles. The molecule has 0 bridgehead atoms. The first kappa shape index (κ1) is 16.3. The smallest absolute Gasteiger partial charge is 0.251 e. The molecule has 1 N–H and O–H groups in total. The highest BCUT2D eigenvalue weighted by Crippen LogP contribution is 2.57.